The van der Waals surface area contributed by atoms with Crippen molar-refractivity contribution in [3.8, 4) is 27.7 Å². The van der Waals surface area contributed by atoms with Gasteiger partial charge in [-0.2, -0.15) is 0 Å². The van der Waals surface area contributed by atoms with E-state index in [2.05, 4.69) is 28.0 Å². The summed E-state index contributed by atoms with van der Waals surface area (Å²) in [5.74, 6) is -4.82. The molecule has 6 rings (SSSR count). The van der Waals surface area contributed by atoms with Crippen LogP contribution >= 0.6 is 11.3 Å². The third kappa shape index (κ3) is 11.7. The minimum atomic E-state index is -1.82. The summed E-state index contributed by atoms with van der Waals surface area (Å²) in [6.07, 6.45) is 5.12. The smallest absolute Gasteiger partial charge is 0.414 e. The van der Waals surface area contributed by atoms with Gasteiger partial charge in [0.05, 0.1) is 7.11 Å². The molecule has 0 spiro atoms. The number of likely N-dealkylation sites (tertiary alicyclic amines) is 2. The van der Waals surface area contributed by atoms with E-state index in [9.17, 15) is 4.79 Å². The first-order valence-electron chi connectivity index (χ1n) is 17.4. The van der Waals surface area contributed by atoms with Gasteiger partial charge in [-0.25, -0.2) is 19.2 Å². The van der Waals surface area contributed by atoms with Crippen LogP contribution in [-0.4, -0.2) is 119 Å². The molecule has 3 aromatic carbocycles. The number of thiophene rings is 1. The highest BCUT2D eigenvalue weighted by Gasteiger charge is 2.23. The topological polar surface area (TPSA) is 200 Å². The molecular formula is C39H44N2O12S. The number of ketones is 1. The van der Waals surface area contributed by atoms with Gasteiger partial charge in [-0.15, -0.1) is 11.3 Å². The number of carboxylic acid groups (broad SMARTS) is 4. The van der Waals surface area contributed by atoms with E-state index in [4.69, 9.17) is 53.8 Å². The third-order valence-corrected chi connectivity index (χ3v) is 9.98. The minimum Gasteiger partial charge on any atom is -0.496 e. The van der Waals surface area contributed by atoms with Crippen LogP contribution in [0.25, 0.3) is 20.5 Å². The van der Waals surface area contributed by atoms with Gasteiger partial charge in [-0.1, -0.05) is 0 Å². The lowest BCUT2D eigenvalue weighted by atomic mass is 9.96. The first kappa shape index (κ1) is 41.2. The number of benzene rings is 3. The van der Waals surface area contributed by atoms with Gasteiger partial charge in [-0.05, 0) is 131 Å². The van der Waals surface area contributed by atoms with Gasteiger partial charge < -0.3 is 34.6 Å². The van der Waals surface area contributed by atoms with E-state index < -0.39 is 23.9 Å². The summed E-state index contributed by atoms with van der Waals surface area (Å²) < 4.78 is 18.7. The van der Waals surface area contributed by atoms with E-state index in [1.54, 1.807) is 18.4 Å². The van der Waals surface area contributed by atoms with Gasteiger partial charge in [0.1, 0.15) is 30.5 Å². The second-order valence-corrected chi connectivity index (χ2v) is 13.6. The van der Waals surface area contributed by atoms with Crippen LogP contribution in [0.3, 0.4) is 0 Å². The fourth-order valence-corrected chi connectivity index (χ4v) is 7.24. The molecule has 0 unspecified atom stereocenters. The summed E-state index contributed by atoms with van der Waals surface area (Å²) in [4.78, 5) is 56.4. The van der Waals surface area contributed by atoms with E-state index in [0.717, 1.165) is 75.1 Å². The van der Waals surface area contributed by atoms with Gasteiger partial charge >= 0.3 is 23.9 Å². The van der Waals surface area contributed by atoms with Crippen molar-refractivity contribution in [3.05, 3.63) is 77.4 Å². The molecule has 4 N–H and O–H groups in total. The highest BCUT2D eigenvalue weighted by molar-refractivity contribution is 7.22. The molecule has 54 heavy (non-hydrogen) atoms. The zero-order valence-electron chi connectivity index (χ0n) is 30.1. The molecule has 0 atom stereocenters. The standard InChI is InChI=1S/C35H40N2O4S.2C2H2O4/c1-25-23-30-32(24-31(25)39-2)42-35(27-9-13-29(14-10-27)41-22-20-37-17-5-6-18-37)33(30)34(38)26-7-11-28(12-8-26)40-21-19-36-15-3-4-16-36;2*3-1(4)2(5)6/h7-14,23-24H,3-6,15-22H2,1-2H3;2*(H,3,4)(H,5,6). The number of aliphatic carboxylic acids is 4. The minimum absolute atomic E-state index is 0.00960. The van der Waals surface area contributed by atoms with Crippen LogP contribution in [0.2, 0.25) is 0 Å². The molecule has 288 valence electrons. The number of carbonyl (C=O) groups is 5. The Bertz CT molecular complexity index is 1860. The second-order valence-electron chi connectivity index (χ2n) is 12.5. The monoisotopic (exact) mass is 764 g/mol. The zero-order chi connectivity index (χ0) is 39.2. The van der Waals surface area contributed by atoms with Crippen LogP contribution in [0.4, 0.5) is 0 Å². The molecule has 2 aliphatic rings. The molecule has 1 aromatic heterocycles. The molecule has 15 heteroatoms. The maximum atomic E-state index is 14.1. The van der Waals surface area contributed by atoms with Crippen LogP contribution < -0.4 is 14.2 Å². The van der Waals surface area contributed by atoms with Crippen molar-refractivity contribution in [1.29, 1.82) is 0 Å². The quantitative estimate of drug-likeness (QED) is 0.106. The predicted molar refractivity (Wildman–Crippen MR) is 201 cm³/mol. The van der Waals surface area contributed by atoms with E-state index in [1.807, 2.05) is 49.4 Å². The molecule has 2 fully saturated rings. The van der Waals surface area contributed by atoms with Crippen LogP contribution in [0.15, 0.2) is 60.7 Å². The molecular weight excluding hydrogens is 720 g/mol. The van der Waals surface area contributed by atoms with E-state index in [-0.39, 0.29) is 5.78 Å². The predicted octanol–water partition coefficient (Wildman–Crippen LogP) is 5.38. The fourth-order valence-electron chi connectivity index (χ4n) is 6.03. The Kier molecular flexibility index (Phi) is 15.3. The number of carbonyl (C=O) groups excluding carboxylic acids is 1. The lowest BCUT2D eigenvalue weighted by Gasteiger charge is -2.15. The Morgan fingerprint density at radius 2 is 1.11 bits per heavy atom. The molecule has 0 aliphatic carbocycles. The first-order chi connectivity index (χ1) is 25.9. The summed E-state index contributed by atoms with van der Waals surface area (Å²) in [5.41, 5.74) is 3.39. The number of methoxy groups -OCH3 is 1. The molecule has 4 aromatic rings. The number of hydrogen-bond acceptors (Lipinski definition) is 11. The number of nitrogens with zero attached hydrogens (tertiary/aromatic N) is 2. The number of fused-ring (bicyclic) bond motifs is 1. The number of carboxylic acids is 4. The van der Waals surface area contributed by atoms with E-state index in [0.29, 0.717) is 18.8 Å². The van der Waals surface area contributed by atoms with Crippen molar-refractivity contribution in [3.63, 3.8) is 0 Å². The summed E-state index contributed by atoms with van der Waals surface area (Å²) in [5, 5.41) is 30.5. The van der Waals surface area contributed by atoms with Crippen LogP contribution in [0, 0.1) is 6.92 Å². The fraction of sp³-hybridized carbons (Fsp3) is 0.359. The van der Waals surface area contributed by atoms with Gasteiger partial charge in [0.2, 0.25) is 0 Å². The average Bonchev–Trinajstić information content (AvgIpc) is 3.94. The van der Waals surface area contributed by atoms with E-state index >= 15 is 0 Å². The van der Waals surface area contributed by atoms with Crippen molar-refractivity contribution in [2.75, 3.05) is 59.6 Å². The molecule has 0 bridgehead atoms. The normalized spacial score (nSPS) is 14.0. The summed E-state index contributed by atoms with van der Waals surface area (Å²) in [6, 6.07) is 19.9. The van der Waals surface area contributed by atoms with Gasteiger partial charge in [0.25, 0.3) is 0 Å². The SMILES string of the molecule is COc1cc2sc(-c3ccc(OCCN4CCCC4)cc3)c(C(=O)c3ccc(OCCN4CCCC4)cc3)c2cc1C.O=C(O)C(=O)O.O=C(O)C(=O)O. The molecule has 14 nitrogen and oxygen atoms in total. The largest absolute Gasteiger partial charge is 0.496 e. The van der Waals surface area contributed by atoms with Gasteiger partial charge in [0.15, 0.2) is 5.78 Å². The van der Waals surface area contributed by atoms with Crippen LogP contribution in [0.5, 0.6) is 17.2 Å². The van der Waals surface area contributed by atoms with Gasteiger partial charge in [0, 0.05) is 39.2 Å². The van der Waals surface area contributed by atoms with Crippen molar-refractivity contribution in [2.24, 2.45) is 0 Å². The molecule has 2 aliphatic heterocycles. The Labute approximate surface area is 316 Å². The average molecular weight is 765 g/mol. The van der Waals surface area contributed by atoms with Crippen molar-refractivity contribution >= 4 is 51.1 Å². The highest BCUT2D eigenvalue weighted by Crippen LogP contribution is 2.42. The van der Waals surface area contributed by atoms with Crippen molar-refractivity contribution in [1.82, 2.24) is 9.80 Å². The molecule has 0 amide bonds. The molecule has 2 saturated heterocycles. The third-order valence-electron chi connectivity index (χ3n) is 8.78. The number of hydrogen-bond donors (Lipinski definition) is 4. The summed E-state index contributed by atoms with van der Waals surface area (Å²) >= 11 is 1.63. The Morgan fingerprint density at radius 3 is 1.54 bits per heavy atom. The summed E-state index contributed by atoms with van der Waals surface area (Å²) in [7, 11) is 1.69. The van der Waals surface area contributed by atoms with Crippen LogP contribution in [0.1, 0.15) is 47.2 Å². The highest BCUT2D eigenvalue weighted by atomic mass is 32.1. The van der Waals surface area contributed by atoms with Crippen LogP contribution in [-0.2, 0) is 19.2 Å². The van der Waals surface area contributed by atoms with Crippen molar-refractivity contribution in [2.45, 2.75) is 32.6 Å². The lowest BCUT2D eigenvalue weighted by Crippen LogP contribution is -2.25. The van der Waals surface area contributed by atoms with Gasteiger partial charge in [-0.3, -0.25) is 14.6 Å². The first-order valence-corrected chi connectivity index (χ1v) is 18.2. The number of aryl methyl sites for hydroxylation is 1. The van der Waals surface area contributed by atoms with E-state index in [1.165, 1.54) is 38.8 Å². The zero-order valence-corrected chi connectivity index (χ0v) is 30.9. The maximum absolute atomic E-state index is 14.1. The maximum Gasteiger partial charge on any atom is 0.414 e. The summed E-state index contributed by atoms with van der Waals surface area (Å²) in [6.45, 7) is 9.92. The number of ether oxygens (including phenoxy) is 3. The molecule has 3 heterocycles. The number of rotatable bonds is 12. The molecule has 0 radical (unpaired) electrons. The lowest BCUT2D eigenvalue weighted by molar-refractivity contribution is -0.159. The molecule has 0 saturated carbocycles. The second kappa shape index (κ2) is 20.1. The Balaban J connectivity index is 0.000000470. The Hall–Kier alpha value is -5.51. The Morgan fingerprint density at radius 1 is 0.667 bits per heavy atom. The van der Waals surface area contributed by atoms with Crippen molar-refractivity contribution < 1.29 is 58.6 Å².